The fraction of sp³-hybridized carbons (Fsp3) is 0.333. The van der Waals surface area contributed by atoms with Crippen LogP contribution >= 0.6 is 0 Å². The molecule has 1 atom stereocenters. The molecule has 1 aromatic heterocycles. The highest BCUT2D eigenvalue weighted by Crippen LogP contribution is 2.15. The second-order valence-corrected chi connectivity index (χ2v) is 5.44. The van der Waals surface area contributed by atoms with Gasteiger partial charge in [-0.2, -0.15) is 0 Å². The Morgan fingerprint density at radius 3 is 2.73 bits per heavy atom. The predicted octanol–water partition coefficient (Wildman–Crippen LogP) is 2.86. The number of pyridine rings is 1. The molecule has 0 amide bonds. The molecule has 0 aliphatic carbocycles. The van der Waals surface area contributed by atoms with Crippen molar-refractivity contribution in [2.45, 2.75) is 26.3 Å². The van der Waals surface area contributed by atoms with Gasteiger partial charge >= 0.3 is 0 Å². The summed E-state index contributed by atoms with van der Waals surface area (Å²) in [6, 6.07) is 14.5. The van der Waals surface area contributed by atoms with E-state index in [9.17, 15) is 0 Å². The lowest BCUT2D eigenvalue weighted by Crippen LogP contribution is -2.38. The molecule has 1 aromatic carbocycles. The number of guanidine groups is 1. The van der Waals surface area contributed by atoms with E-state index < -0.39 is 0 Å². The zero-order valence-corrected chi connectivity index (χ0v) is 13.5. The predicted molar refractivity (Wildman–Crippen MR) is 92.0 cm³/mol. The molecule has 0 spiro atoms. The summed E-state index contributed by atoms with van der Waals surface area (Å²) in [5.74, 6) is 1.22. The molecule has 0 radical (unpaired) electrons. The van der Waals surface area contributed by atoms with Crippen LogP contribution in [-0.2, 0) is 6.54 Å². The Labute approximate surface area is 132 Å². The molecule has 2 N–H and O–H groups in total. The molecule has 2 aromatic rings. The van der Waals surface area contributed by atoms with Crippen LogP contribution < -0.4 is 10.6 Å². The molecule has 4 heteroatoms. The minimum Gasteiger partial charge on any atom is -0.356 e. The van der Waals surface area contributed by atoms with Gasteiger partial charge in [0.15, 0.2) is 5.96 Å². The van der Waals surface area contributed by atoms with Crippen LogP contribution in [0.4, 0.5) is 0 Å². The van der Waals surface area contributed by atoms with Crippen LogP contribution in [0.3, 0.4) is 0 Å². The average Bonchev–Trinajstić information content (AvgIpc) is 2.55. The van der Waals surface area contributed by atoms with Crippen LogP contribution in [0.1, 0.15) is 29.7 Å². The van der Waals surface area contributed by atoms with Crippen LogP contribution in [0, 0.1) is 6.92 Å². The summed E-state index contributed by atoms with van der Waals surface area (Å²) < 4.78 is 0. The normalized spacial score (nSPS) is 12.8. The first-order valence-corrected chi connectivity index (χ1v) is 7.60. The topological polar surface area (TPSA) is 49.3 Å². The summed E-state index contributed by atoms with van der Waals surface area (Å²) >= 11 is 0. The van der Waals surface area contributed by atoms with E-state index in [-0.39, 0.29) is 0 Å². The van der Waals surface area contributed by atoms with Gasteiger partial charge in [0.1, 0.15) is 0 Å². The molecule has 0 bridgehead atoms. The van der Waals surface area contributed by atoms with Crippen molar-refractivity contribution in [2.24, 2.45) is 4.99 Å². The number of hydrogen-bond acceptors (Lipinski definition) is 2. The van der Waals surface area contributed by atoms with E-state index in [1.165, 1.54) is 11.1 Å². The second kappa shape index (κ2) is 8.17. The lowest BCUT2D eigenvalue weighted by atomic mass is 9.99. The number of rotatable bonds is 5. The van der Waals surface area contributed by atoms with Gasteiger partial charge in [-0.3, -0.25) is 9.98 Å². The monoisotopic (exact) mass is 296 g/mol. The summed E-state index contributed by atoms with van der Waals surface area (Å²) in [6.07, 6.45) is 1.80. The number of aliphatic imine (C=N–C) groups is 1. The van der Waals surface area contributed by atoms with Gasteiger partial charge in [-0.15, -0.1) is 0 Å². The van der Waals surface area contributed by atoms with Crippen LogP contribution in [-0.4, -0.2) is 24.5 Å². The quantitative estimate of drug-likeness (QED) is 0.659. The molecule has 1 heterocycles. The highest BCUT2D eigenvalue weighted by molar-refractivity contribution is 5.79. The zero-order chi connectivity index (χ0) is 15.8. The largest absolute Gasteiger partial charge is 0.356 e. The van der Waals surface area contributed by atoms with E-state index in [2.05, 4.69) is 58.7 Å². The lowest BCUT2D eigenvalue weighted by Gasteiger charge is -2.16. The third-order valence-electron chi connectivity index (χ3n) is 3.57. The standard InChI is InChI=1S/C18H24N4/c1-14-7-6-8-16(11-14)15(2)12-21-18(19-3)22-13-17-9-4-5-10-20-17/h4-11,15H,12-13H2,1-3H3,(H2,19,21,22). The van der Waals surface area contributed by atoms with Crippen molar-refractivity contribution < 1.29 is 0 Å². The third-order valence-corrected chi connectivity index (χ3v) is 3.57. The molecule has 4 nitrogen and oxygen atoms in total. The van der Waals surface area contributed by atoms with Gasteiger partial charge in [0.05, 0.1) is 12.2 Å². The Hall–Kier alpha value is -2.36. The molecule has 1 unspecified atom stereocenters. The van der Waals surface area contributed by atoms with Crippen LogP contribution in [0.25, 0.3) is 0 Å². The van der Waals surface area contributed by atoms with Gasteiger partial charge in [0, 0.05) is 19.8 Å². The van der Waals surface area contributed by atoms with E-state index in [0.29, 0.717) is 12.5 Å². The van der Waals surface area contributed by atoms with Gasteiger partial charge in [-0.1, -0.05) is 42.8 Å². The maximum atomic E-state index is 4.29. The van der Waals surface area contributed by atoms with Gasteiger partial charge in [0.2, 0.25) is 0 Å². The Kier molecular flexibility index (Phi) is 5.95. The van der Waals surface area contributed by atoms with Gasteiger partial charge in [-0.05, 0) is 30.5 Å². The SMILES string of the molecule is CN=C(NCc1ccccn1)NCC(C)c1cccc(C)c1. The maximum Gasteiger partial charge on any atom is 0.191 e. The van der Waals surface area contributed by atoms with Crippen molar-refractivity contribution in [3.63, 3.8) is 0 Å². The van der Waals surface area contributed by atoms with Crippen molar-refractivity contribution in [3.05, 3.63) is 65.5 Å². The van der Waals surface area contributed by atoms with Crippen molar-refractivity contribution >= 4 is 5.96 Å². The number of nitrogens with one attached hydrogen (secondary N) is 2. The highest BCUT2D eigenvalue weighted by atomic mass is 15.2. The Morgan fingerprint density at radius 1 is 1.18 bits per heavy atom. The fourth-order valence-corrected chi connectivity index (χ4v) is 2.24. The molecular weight excluding hydrogens is 272 g/mol. The van der Waals surface area contributed by atoms with E-state index in [0.717, 1.165) is 18.2 Å². The summed E-state index contributed by atoms with van der Waals surface area (Å²) in [4.78, 5) is 8.55. The minimum absolute atomic E-state index is 0.424. The van der Waals surface area contributed by atoms with Crippen LogP contribution in [0.2, 0.25) is 0 Å². The number of aromatic nitrogens is 1. The van der Waals surface area contributed by atoms with Crippen LogP contribution in [0.5, 0.6) is 0 Å². The number of hydrogen-bond donors (Lipinski definition) is 2. The molecule has 116 valence electrons. The van der Waals surface area contributed by atoms with E-state index in [1.807, 2.05) is 18.2 Å². The van der Waals surface area contributed by atoms with E-state index in [4.69, 9.17) is 0 Å². The minimum atomic E-state index is 0.424. The Bertz CT molecular complexity index is 607. The molecule has 0 fully saturated rings. The van der Waals surface area contributed by atoms with Gasteiger partial charge < -0.3 is 10.6 Å². The number of benzene rings is 1. The number of nitrogens with zero attached hydrogens (tertiary/aromatic N) is 2. The first kappa shape index (κ1) is 16.0. The summed E-state index contributed by atoms with van der Waals surface area (Å²) in [7, 11) is 1.78. The van der Waals surface area contributed by atoms with E-state index in [1.54, 1.807) is 13.2 Å². The molecule has 0 aliphatic heterocycles. The Morgan fingerprint density at radius 2 is 2.05 bits per heavy atom. The molecule has 2 rings (SSSR count). The first-order chi connectivity index (χ1) is 10.7. The second-order valence-electron chi connectivity index (χ2n) is 5.44. The summed E-state index contributed by atoms with van der Waals surface area (Å²) in [5, 5.41) is 6.65. The molecule has 0 aliphatic rings. The van der Waals surface area contributed by atoms with Gasteiger partial charge in [-0.25, -0.2) is 0 Å². The molecular formula is C18H24N4. The number of aryl methyl sites for hydroxylation is 1. The van der Waals surface area contributed by atoms with E-state index >= 15 is 0 Å². The van der Waals surface area contributed by atoms with Crippen molar-refractivity contribution in [3.8, 4) is 0 Å². The van der Waals surface area contributed by atoms with Gasteiger partial charge in [0.25, 0.3) is 0 Å². The van der Waals surface area contributed by atoms with Crippen molar-refractivity contribution in [2.75, 3.05) is 13.6 Å². The maximum absolute atomic E-state index is 4.29. The molecule has 22 heavy (non-hydrogen) atoms. The summed E-state index contributed by atoms with van der Waals surface area (Å²) in [5.41, 5.74) is 3.63. The third kappa shape index (κ3) is 4.88. The zero-order valence-electron chi connectivity index (χ0n) is 13.5. The van der Waals surface area contributed by atoms with Crippen molar-refractivity contribution in [1.29, 1.82) is 0 Å². The van der Waals surface area contributed by atoms with Crippen molar-refractivity contribution in [1.82, 2.24) is 15.6 Å². The smallest absolute Gasteiger partial charge is 0.191 e. The highest BCUT2D eigenvalue weighted by Gasteiger charge is 2.07. The van der Waals surface area contributed by atoms with Crippen LogP contribution in [0.15, 0.2) is 53.7 Å². The summed E-state index contributed by atoms with van der Waals surface area (Å²) in [6.45, 7) is 5.84. The molecule has 0 saturated carbocycles. The fourth-order valence-electron chi connectivity index (χ4n) is 2.24. The average molecular weight is 296 g/mol. The molecule has 0 saturated heterocycles. The Balaban J connectivity index is 1.83. The lowest BCUT2D eigenvalue weighted by molar-refractivity contribution is 0.696. The first-order valence-electron chi connectivity index (χ1n) is 7.60.